The molecule has 0 saturated carbocycles. The monoisotopic (exact) mass is 312 g/mol. The lowest BCUT2D eigenvalue weighted by Gasteiger charge is -2.29. The third-order valence-electron chi connectivity index (χ3n) is 3.74. The first kappa shape index (κ1) is 15.3. The van der Waals surface area contributed by atoms with Crippen molar-refractivity contribution < 1.29 is 14.6 Å². The molecule has 5 nitrogen and oxygen atoms in total. The zero-order chi connectivity index (χ0) is 16.4. The normalized spacial score (nSPS) is 13.8. The van der Waals surface area contributed by atoms with Crippen molar-refractivity contribution in [3.05, 3.63) is 47.7 Å². The average Bonchev–Trinajstić information content (AvgIpc) is 2.53. The maximum atomic E-state index is 12.8. The van der Waals surface area contributed by atoms with Gasteiger partial charge in [-0.05, 0) is 44.4 Å². The molecule has 1 aliphatic rings. The van der Waals surface area contributed by atoms with E-state index in [1.165, 1.54) is 0 Å². The van der Waals surface area contributed by atoms with Crippen molar-refractivity contribution >= 4 is 11.6 Å². The van der Waals surface area contributed by atoms with Crippen LogP contribution in [0.4, 0.5) is 5.69 Å². The molecule has 0 radical (unpaired) electrons. The Morgan fingerprint density at radius 2 is 2.04 bits per heavy atom. The highest BCUT2D eigenvalue weighted by atomic mass is 16.5. The summed E-state index contributed by atoms with van der Waals surface area (Å²) in [5, 5.41) is 10.2. The van der Waals surface area contributed by atoms with Crippen LogP contribution in [0, 0.1) is 0 Å². The van der Waals surface area contributed by atoms with Crippen molar-refractivity contribution in [3.63, 3.8) is 0 Å². The zero-order valence-electron chi connectivity index (χ0n) is 13.3. The second-order valence-electron chi connectivity index (χ2n) is 5.87. The van der Waals surface area contributed by atoms with Gasteiger partial charge in [-0.3, -0.25) is 4.79 Å². The molecule has 120 valence electrons. The first-order chi connectivity index (χ1) is 11.1. The van der Waals surface area contributed by atoms with Crippen LogP contribution in [0.25, 0.3) is 0 Å². The van der Waals surface area contributed by atoms with Crippen LogP contribution in [0.5, 0.6) is 11.6 Å². The van der Waals surface area contributed by atoms with Gasteiger partial charge in [0.05, 0.1) is 11.8 Å². The number of para-hydroxylation sites is 1. The van der Waals surface area contributed by atoms with Crippen molar-refractivity contribution in [1.29, 1.82) is 0 Å². The number of amides is 1. The van der Waals surface area contributed by atoms with Gasteiger partial charge in [0, 0.05) is 12.6 Å². The number of fused-ring (bicyclic) bond motifs is 1. The van der Waals surface area contributed by atoms with Gasteiger partial charge in [-0.15, -0.1) is 0 Å². The number of phenols is 1. The van der Waals surface area contributed by atoms with Crippen LogP contribution in [0.2, 0.25) is 0 Å². The number of pyridine rings is 1. The average molecular weight is 312 g/mol. The quantitative estimate of drug-likeness (QED) is 0.945. The molecule has 1 amide bonds. The molecule has 0 aliphatic carbocycles. The Bertz CT molecular complexity index is 728. The molecule has 1 aromatic carbocycles. The van der Waals surface area contributed by atoms with Gasteiger partial charge in [0.15, 0.2) is 0 Å². The second-order valence-corrected chi connectivity index (χ2v) is 5.87. The van der Waals surface area contributed by atoms with Crippen LogP contribution in [0.3, 0.4) is 0 Å². The van der Waals surface area contributed by atoms with E-state index in [1.54, 1.807) is 35.2 Å². The minimum atomic E-state index is -0.221. The molecular formula is C18H20N2O3. The lowest BCUT2D eigenvalue weighted by Crippen LogP contribution is -2.36. The number of hydrogen-bond donors (Lipinski definition) is 1. The first-order valence-corrected chi connectivity index (χ1v) is 7.82. The van der Waals surface area contributed by atoms with Crippen LogP contribution in [-0.2, 0) is 6.42 Å². The number of carbonyl (C=O) groups is 1. The van der Waals surface area contributed by atoms with Gasteiger partial charge in [0.25, 0.3) is 5.91 Å². The molecule has 0 spiro atoms. The molecular weight excluding hydrogens is 292 g/mol. The number of hydrogen-bond acceptors (Lipinski definition) is 4. The highest BCUT2D eigenvalue weighted by molar-refractivity contribution is 6.06. The van der Waals surface area contributed by atoms with Gasteiger partial charge in [-0.2, -0.15) is 0 Å². The third kappa shape index (κ3) is 3.13. The van der Waals surface area contributed by atoms with E-state index in [9.17, 15) is 9.90 Å². The molecule has 0 fully saturated rings. The Labute approximate surface area is 135 Å². The molecule has 0 unspecified atom stereocenters. The molecule has 1 aliphatic heterocycles. The molecule has 2 heterocycles. The summed E-state index contributed by atoms with van der Waals surface area (Å²) < 4.78 is 5.55. The molecule has 0 atom stereocenters. The maximum absolute atomic E-state index is 12.8. The van der Waals surface area contributed by atoms with Crippen LogP contribution < -0.4 is 9.64 Å². The number of rotatable bonds is 3. The predicted octanol–water partition coefficient (Wildman–Crippen LogP) is 3.17. The summed E-state index contributed by atoms with van der Waals surface area (Å²) in [6, 6.07) is 10.5. The summed E-state index contributed by atoms with van der Waals surface area (Å²) in [5.74, 6) is 0.340. The lowest BCUT2D eigenvalue weighted by atomic mass is 10.0. The molecule has 23 heavy (non-hydrogen) atoms. The van der Waals surface area contributed by atoms with E-state index >= 15 is 0 Å². The van der Waals surface area contributed by atoms with E-state index in [0.717, 1.165) is 18.4 Å². The van der Waals surface area contributed by atoms with Gasteiger partial charge in [-0.25, -0.2) is 4.98 Å². The summed E-state index contributed by atoms with van der Waals surface area (Å²) in [6.45, 7) is 4.39. The summed E-state index contributed by atoms with van der Waals surface area (Å²) in [6.07, 6.45) is 1.72. The number of phenolic OH excluding ortho intramolecular Hbond substituents is 1. The van der Waals surface area contributed by atoms with E-state index in [1.807, 2.05) is 19.9 Å². The molecule has 5 heteroatoms. The minimum absolute atomic E-state index is 0.00684. The number of aromatic nitrogens is 1. The van der Waals surface area contributed by atoms with Crippen molar-refractivity contribution in [2.45, 2.75) is 32.8 Å². The maximum Gasteiger partial charge on any atom is 0.277 e. The highest BCUT2D eigenvalue weighted by Crippen LogP contribution is 2.36. The zero-order valence-corrected chi connectivity index (χ0v) is 13.3. The van der Waals surface area contributed by atoms with Gasteiger partial charge in [0.2, 0.25) is 5.88 Å². The largest absolute Gasteiger partial charge is 0.506 e. The van der Waals surface area contributed by atoms with Gasteiger partial charge in [0.1, 0.15) is 11.4 Å². The van der Waals surface area contributed by atoms with Crippen molar-refractivity contribution in [3.8, 4) is 11.6 Å². The number of aromatic hydroxyl groups is 1. The van der Waals surface area contributed by atoms with Gasteiger partial charge < -0.3 is 14.7 Å². The van der Waals surface area contributed by atoms with Crippen LogP contribution in [-0.4, -0.2) is 28.6 Å². The Balaban J connectivity index is 1.93. The fraction of sp³-hybridized carbons (Fsp3) is 0.333. The standard InChI is InChI=1S/C18H20N2O3/c1-12(2)23-16-10-4-8-14(19-16)18(22)20-11-5-7-13-6-3-9-15(21)17(13)20/h3-4,6,8-10,12,21H,5,7,11H2,1-2H3. The second kappa shape index (κ2) is 6.28. The van der Waals surface area contributed by atoms with E-state index < -0.39 is 0 Å². The number of nitrogens with zero attached hydrogens (tertiary/aromatic N) is 2. The molecule has 1 aromatic heterocycles. The summed E-state index contributed by atoms with van der Waals surface area (Å²) in [4.78, 5) is 18.8. The summed E-state index contributed by atoms with van der Waals surface area (Å²) in [7, 11) is 0. The SMILES string of the molecule is CC(C)Oc1cccc(C(=O)N2CCCc3cccc(O)c32)n1. The third-order valence-corrected chi connectivity index (χ3v) is 3.74. The minimum Gasteiger partial charge on any atom is -0.506 e. The molecule has 2 aromatic rings. The predicted molar refractivity (Wildman–Crippen MR) is 88.1 cm³/mol. The number of benzene rings is 1. The van der Waals surface area contributed by atoms with Crippen LogP contribution >= 0.6 is 0 Å². The number of aryl methyl sites for hydroxylation is 1. The first-order valence-electron chi connectivity index (χ1n) is 7.82. The lowest BCUT2D eigenvalue weighted by molar-refractivity contribution is 0.0977. The highest BCUT2D eigenvalue weighted by Gasteiger charge is 2.27. The summed E-state index contributed by atoms with van der Waals surface area (Å²) >= 11 is 0. The van der Waals surface area contributed by atoms with Gasteiger partial charge in [-0.1, -0.05) is 18.2 Å². The van der Waals surface area contributed by atoms with Crippen LogP contribution in [0.15, 0.2) is 36.4 Å². The number of anilines is 1. The number of carbonyl (C=O) groups excluding carboxylic acids is 1. The Hall–Kier alpha value is -2.56. The van der Waals surface area contributed by atoms with Crippen LogP contribution in [0.1, 0.15) is 36.3 Å². The van der Waals surface area contributed by atoms with E-state index in [0.29, 0.717) is 23.8 Å². The van der Waals surface area contributed by atoms with Gasteiger partial charge >= 0.3 is 0 Å². The van der Waals surface area contributed by atoms with E-state index in [4.69, 9.17) is 4.74 Å². The van der Waals surface area contributed by atoms with E-state index in [-0.39, 0.29) is 17.8 Å². The topological polar surface area (TPSA) is 62.7 Å². The molecule has 0 bridgehead atoms. The smallest absolute Gasteiger partial charge is 0.277 e. The molecule has 3 rings (SSSR count). The van der Waals surface area contributed by atoms with E-state index in [2.05, 4.69) is 4.98 Å². The Kier molecular flexibility index (Phi) is 4.19. The fourth-order valence-corrected chi connectivity index (χ4v) is 2.81. The van der Waals surface area contributed by atoms with Crippen molar-refractivity contribution in [1.82, 2.24) is 4.98 Å². The fourth-order valence-electron chi connectivity index (χ4n) is 2.81. The Morgan fingerprint density at radius 3 is 2.83 bits per heavy atom. The Morgan fingerprint density at radius 1 is 1.26 bits per heavy atom. The number of ether oxygens (including phenoxy) is 1. The molecule has 1 N–H and O–H groups in total. The summed E-state index contributed by atoms with van der Waals surface area (Å²) in [5.41, 5.74) is 1.90. The van der Waals surface area contributed by atoms with Crippen molar-refractivity contribution in [2.24, 2.45) is 0 Å². The molecule has 0 saturated heterocycles. The van der Waals surface area contributed by atoms with Crippen molar-refractivity contribution in [2.75, 3.05) is 11.4 Å².